The Morgan fingerprint density at radius 2 is 1.84 bits per heavy atom. The Morgan fingerprint density at radius 3 is 2.52 bits per heavy atom. The van der Waals surface area contributed by atoms with Gasteiger partial charge in [0.05, 0.1) is 11.7 Å². The van der Waals surface area contributed by atoms with E-state index in [1.54, 1.807) is 24.3 Å². The molecule has 0 saturated carbocycles. The molecule has 0 aromatic heterocycles. The molecule has 0 aliphatic carbocycles. The minimum absolute atomic E-state index is 0.180. The lowest BCUT2D eigenvalue weighted by Gasteiger charge is -2.39. The third-order valence-electron chi connectivity index (χ3n) is 4.72. The maximum absolute atomic E-state index is 10.9. The van der Waals surface area contributed by atoms with Crippen LogP contribution in [0.25, 0.3) is 0 Å². The van der Waals surface area contributed by atoms with Gasteiger partial charge in [0.15, 0.2) is 0 Å². The van der Waals surface area contributed by atoms with E-state index < -0.39 is 11.7 Å². The second-order valence-corrected chi connectivity index (χ2v) is 6.70. The Bertz CT molecular complexity index is 661. The summed E-state index contributed by atoms with van der Waals surface area (Å²) in [5.41, 5.74) is -0.0555. The minimum Gasteiger partial charge on any atom is -0.508 e. The number of hydrogen-bond donors (Lipinski definition) is 4. The Morgan fingerprint density at radius 1 is 1.12 bits per heavy atom. The number of aromatic hydroxyl groups is 1. The van der Waals surface area contributed by atoms with Gasteiger partial charge < -0.3 is 25.4 Å². The number of benzene rings is 2. The quantitative estimate of drug-likeness (QED) is 0.644. The number of hydrogen-bond acceptors (Lipinski definition) is 5. The first-order chi connectivity index (χ1) is 12.0. The second kappa shape index (κ2) is 7.87. The lowest BCUT2D eigenvalue weighted by atomic mass is 9.83. The smallest absolute Gasteiger partial charge is 0.120 e. The molecule has 2 aromatic rings. The fraction of sp³-hybridized carbons (Fsp3) is 0.400. The van der Waals surface area contributed by atoms with Gasteiger partial charge in [0.2, 0.25) is 0 Å². The van der Waals surface area contributed by atoms with Crippen molar-refractivity contribution in [3.05, 3.63) is 60.2 Å². The molecule has 1 aliphatic heterocycles. The van der Waals surface area contributed by atoms with Gasteiger partial charge in [0, 0.05) is 19.4 Å². The summed E-state index contributed by atoms with van der Waals surface area (Å²) in [7, 11) is 0. The number of nitrogens with one attached hydrogen (secondary N) is 1. The number of rotatable bonds is 6. The van der Waals surface area contributed by atoms with Gasteiger partial charge in [0.1, 0.15) is 17.6 Å². The molecule has 1 aliphatic rings. The number of piperidine rings is 1. The Labute approximate surface area is 147 Å². The SMILES string of the molecule is Oc1ccc(OC(Cc2ccccc2)C[C@@]2(O)CCNC[C@@H]2O)cc1. The topological polar surface area (TPSA) is 82.0 Å². The van der Waals surface area contributed by atoms with Crippen LogP contribution < -0.4 is 10.1 Å². The molecule has 0 spiro atoms. The molecular formula is C20H25NO4. The van der Waals surface area contributed by atoms with E-state index in [-0.39, 0.29) is 11.9 Å². The Balaban J connectivity index is 1.76. The maximum Gasteiger partial charge on any atom is 0.120 e. The molecule has 1 unspecified atom stereocenters. The van der Waals surface area contributed by atoms with Crippen LogP contribution in [0.2, 0.25) is 0 Å². The number of ether oxygens (including phenoxy) is 1. The molecule has 1 saturated heterocycles. The van der Waals surface area contributed by atoms with Gasteiger partial charge in [-0.15, -0.1) is 0 Å². The van der Waals surface area contributed by atoms with Crippen LogP contribution in [0.15, 0.2) is 54.6 Å². The van der Waals surface area contributed by atoms with Gasteiger partial charge in [0.25, 0.3) is 0 Å². The molecule has 25 heavy (non-hydrogen) atoms. The predicted octanol–water partition coefficient (Wildman–Crippen LogP) is 1.86. The minimum atomic E-state index is -1.17. The van der Waals surface area contributed by atoms with E-state index in [4.69, 9.17) is 4.74 Å². The van der Waals surface area contributed by atoms with E-state index in [0.29, 0.717) is 38.1 Å². The Kier molecular flexibility index (Phi) is 5.58. The van der Waals surface area contributed by atoms with E-state index in [1.165, 1.54) is 0 Å². The number of aliphatic hydroxyl groups is 2. The summed E-state index contributed by atoms with van der Waals surface area (Å²) in [4.78, 5) is 0. The van der Waals surface area contributed by atoms with Crippen LogP contribution in [0.4, 0.5) is 0 Å². The molecule has 134 valence electrons. The summed E-state index contributed by atoms with van der Waals surface area (Å²) in [5.74, 6) is 0.810. The first-order valence-corrected chi connectivity index (χ1v) is 8.66. The normalized spacial score (nSPS) is 24.6. The molecule has 0 amide bonds. The highest BCUT2D eigenvalue weighted by Gasteiger charge is 2.40. The summed E-state index contributed by atoms with van der Waals surface area (Å²) < 4.78 is 6.09. The fourth-order valence-corrected chi connectivity index (χ4v) is 3.28. The van der Waals surface area contributed by atoms with Crippen molar-refractivity contribution in [2.45, 2.75) is 37.1 Å². The van der Waals surface area contributed by atoms with E-state index in [9.17, 15) is 15.3 Å². The zero-order chi connectivity index (χ0) is 17.7. The lowest BCUT2D eigenvalue weighted by Crippen LogP contribution is -2.56. The third-order valence-corrected chi connectivity index (χ3v) is 4.72. The monoisotopic (exact) mass is 343 g/mol. The zero-order valence-corrected chi connectivity index (χ0v) is 14.1. The highest BCUT2D eigenvalue weighted by Crippen LogP contribution is 2.28. The first-order valence-electron chi connectivity index (χ1n) is 8.66. The van der Waals surface area contributed by atoms with E-state index in [1.807, 2.05) is 30.3 Å². The molecule has 4 N–H and O–H groups in total. The molecule has 1 fully saturated rings. The molecule has 5 heteroatoms. The van der Waals surface area contributed by atoms with E-state index in [2.05, 4.69) is 5.32 Å². The first kappa shape index (κ1) is 17.7. The molecule has 5 nitrogen and oxygen atoms in total. The summed E-state index contributed by atoms with van der Waals surface area (Å²) in [6.45, 7) is 1.05. The van der Waals surface area contributed by atoms with Crippen LogP contribution in [-0.2, 0) is 6.42 Å². The van der Waals surface area contributed by atoms with Crippen LogP contribution in [0, 0.1) is 0 Å². The fourth-order valence-electron chi connectivity index (χ4n) is 3.28. The summed E-state index contributed by atoms with van der Waals surface area (Å²) in [5, 5.41) is 33.7. The molecule has 0 radical (unpaired) electrons. The molecular weight excluding hydrogens is 318 g/mol. The van der Waals surface area contributed by atoms with Crippen molar-refractivity contribution in [3.8, 4) is 11.5 Å². The molecule has 1 heterocycles. The average Bonchev–Trinajstić information content (AvgIpc) is 2.60. The van der Waals surface area contributed by atoms with Crippen molar-refractivity contribution in [2.75, 3.05) is 13.1 Å². The summed E-state index contributed by atoms with van der Waals surface area (Å²) >= 11 is 0. The number of β-amino-alcohol motifs (C(OH)–C–C–N with tert-alkyl or cyclic N) is 1. The van der Waals surface area contributed by atoms with E-state index >= 15 is 0 Å². The lowest BCUT2D eigenvalue weighted by molar-refractivity contribution is -0.111. The average molecular weight is 343 g/mol. The Hall–Kier alpha value is -2.08. The van der Waals surface area contributed by atoms with Crippen LogP contribution in [-0.4, -0.2) is 46.2 Å². The maximum atomic E-state index is 10.9. The van der Waals surface area contributed by atoms with Gasteiger partial charge in [-0.05, 0) is 42.8 Å². The summed E-state index contributed by atoms with van der Waals surface area (Å²) in [6, 6.07) is 16.5. The largest absolute Gasteiger partial charge is 0.508 e. The van der Waals surface area contributed by atoms with Crippen molar-refractivity contribution in [2.24, 2.45) is 0 Å². The van der Waals surface area contributed by atoms with E-state index in [0.717, 1.165) is 5.56 Å². The number of phenols is 1. The van der Waals surface area contributed by atoms with Gasteiger partial charge in [-0.3, -0.25) is 0 Å². The van der Waals surface area contributed by atoms with Crippen LogP contribution in [0.3, 0.4) is 0 Å². The van der Waals surface area contributed by atoms with Crippen molar-refractivity contribution in [3.63, 3.8) is 0 Å². The van der Waals surface area contributed by atoms with Crippen LogP contribution in [0.1, 0.15) is 18.4 Å². The molecule has 0 bridgehead atoms. The van der Waals surface area contributed by atoms with Gasteiger partial charge >= 0.3 is 0 Å². The zero-order valence-electron chi connectivity index (χ0n) is 14.1. The predicted molar refractivity (Wildman–Crippen MR) is 95.7 cm³/mol. The van der Waals surface area contributed by atoms with Gasteiger partial charge in [-0.25, -0.2) is 0 Å². The van der Waals surface area contributed by atoms with Crippen molar-refractivity contribution in [1.29, 1.82) is 0 Å². The highest BCUT2D eigenvalue weighted by atomic mass is 16.5. The second-order valence-electron chi connectivity index (χ2n) is 6.70. The third kappa shape index (κ3) is 4.72. The number of aliphatic hydroxyl groups excluding tert-OH is 1. The highest BCUT2D eigenvalue weighted by molar-refractivity contribution is 5.30. The molecule has 3 atom stereocenters. The van der Waals surface area contributed by atoms with Crippen molar-refractivity contribution >= 4 is 0 Å². The summed E-state index contributed by atoms with van der Waals surface area (Å²) in [6.07, 6.45) is 0.349. The standard InChI is InChI=1S/C20H25NO4/c22-16-6-8-17(9-7-16)25-18(12-15-4-2-1-3-5-15)13-20(24)10-11-21-14-19(20)23/h1-9,18-19,21-24H,10-14H2/t18?,19-,20-/m0/s1. The number of phenolic OH excluding ortho intramolecular Hbond substituents is 1. The van der Waals surface area contributed by atoms with Crippen molar-refractivity contribution in [1.82, 2.24) is 5.32 Å². The van der Waals surface area contributed by atoms with Gasteiger partial charge in [-0.2, -0.15) is 0 Å². The van der Waals surface area contributed by atoms with Crippen LogP contribution >= 0.6 is 0 Å². The molecule has 2 aromatic carbocycles. The van der Waals surface area contributed by atoms with Crippen molar-refractivity contribution < 1.29 is 20.1 Å². The molecule has 3 rings (SSSR count). The van der Waals surface area contributed by atoms with Gasteiger partial charge in [-0.1, -0.05) is 30.3 Å². The van der Waals surface area contributed by atoms with Crippen LogP contribution in [0.5, 0.6) is 11.5 Å².